The summed E-state index contributed by atoms with van der Waals surface area (Å²) in [6.45, 7) is 5.15. The lowest BCUT2D eigenvalue weighted by molar-refractivity contribution is 0.457. The Balaban J connectivity index is 2.18. The van der Waals surface area contributed by atoms with Gasteiger partial charge in [0.25, 0.3) is 0 Å². The fourth-order valence-corrected chi connectivity index (χ4v) is 2.18. The molecule has 0 spiro atoms. The van der Waals surface area contributed by atoms with Crippen LogP contribution in [0.1, 0.15) is 25.5 Å². The topological polar surface area (TPSA) is 34.2 Å². The molecule has 3 nitrogen and oxygen atoms in total. The first-order chi connectivity index (χ1) is 9.20. The molecular formula is C15H17BrN2O. The minimum absolute atomic E-state index is 0.287. The highest BCUT2D eigenvalue weighted by molar-refractivity contribution is 9.10. The van der Waals surface area contributed by atoms with E-state index in [9.17, 15) is 0 Å². The molecule has 0 fully saturated rings. The third-order valence-electron chi connectivity index (χ3n) is 2.82. The standard InChI is InChI=1S/C15H17BrN2O/c1-3-17-11(2)12-8-9-18-15(10-12)19-14-7-5-4-6-13(14)16/h4-11,17H,3H2,1-2H3. The van der Waals surface area contributed by atoms with Gasteiger partial charge in [-0.3, -0.25) is 0 Å². The van der Waals surface area contributed by atoms with E-state index < -0.39 is 0 Å². The molecule has 0 bridgehead atoms. The predicted molar refractivity (Wildman–Crippen MR) is 80.5 cm³/mol. The van der Waals surface area contributed by atoms with Gasteiger partial charge in [0.1, 0.15) is 5.75 Å². The first-order valence-electron chi connectivity index (χ1n) is 6.32. The average molecular weight is 321 g/mol. The van der Waals surface area contributed by atoms with Crippen molar-refractivity contribution >= 4 is 15.9 Å². The lowest BCUT2D eigenvalue weighted by atomic mass is 10.1. The van der Waals surface area contributed by atoms with E-state index >= 15 is 0 Å². The van der Waals surface area contributed by atoms with Gasteiger partial charge in [-0.2, -0.15) is 0 Å². The number of aromatic nitrogens is 1. The quantitative estimate of drug-likeness (QED) is 0.891. The van der Waals surface area contributed by atoms with Gasteiger partial charge >= 0.3 is 0 Å². The molecule has 1 aromatic carbocycles. The Labute approximate surface area is 122 Å². The van der Waals surface area contributed by atoms with Gasteiger partial charge in [-0.25, -0.2) is 4.98 Å². The SMILES string of the molecule is CCNC(C)c1ccnc(Oc2ccccc2Br)c1. The average Bonchev–Trinajstić information content (AvgIpc) is 2.42. The van der Waals surface area contributed by atoms with Crippen molar-refractivity contribution < 1.29 is 4.74 Å². The summed E-state index contributed by atoms with van der Waals surface area (Å²) in [5.74, 6) is 1.37. The van der Waals surface area contributed by atoms with Crippen molar-refractivity contribution in [2.24, 2.45) is 0 Å². The van der Waals surface area contributed by atoms with Crippen LogP contribution in [-0.4, -0.2) is 11.5 Å². The fraction of sp³-hybridized carbons (Fsp3) is 0.267. The highest BCUT2D eigenvalue weighted by Gasteiger charge is 2.07. The smallest absolute Gasteiger partial charge is 0.219 e. The molecule has 2 rings (SSSR count). The molecule has 0 saturated heterocycles. The number of benzene rings is 1. The summed E-state index contributed by atoms with van der Waals surface area (Å²) in [6, 6.07) is 12.0. The zero-order chi connectivity index (χ0) is 13.7. The molecular weight excluding hydrogens is 304 g/mol. The molecule has 1 unspecified atom stereocenters. The molecule has 0 radical (unpaired) electrons. The van der Waals surface area contributed by atoms with E-state index in [0.717, 1.165) is 16.8 Å². The Morgan fingerprint density at radius 2 is 2.11 bits per heavy atom. The molecule has 19 heavy (non-hydrogen) atoms. The van der Waals surface area contributed by atoms with Crippen molar-refractivity contribution in [2.75, 3.05) is 6.54 Å². The van der Waals surface area contributed by atoms with E-state index in [2.05, 4.69) is 40.1 Å². The van der Waals surface area contributed by atoms with Gasteiger partial charge in [0, 0.05) is 18.3 Å². The summed E-state index contributed by atoms with van der Waals surface area (Å²) in [6.07, 6.45) is 1.77. The molecule has 1 aromatic heterocycles. The first-order valence-corrected chi connectivity index (χ1v) is 7.11. The van der Waals surface area contributed by atoms with Crippen molar-refractivity contribution in [1.29, 1.82) is 0 Å². The summed E-state index contributed by atoms with van der Waals surface area (Å²) < 4.78 is 6.71. The Morgan fingerprint density at radius 1 is 1.32 bits per heavy atom. The zero-order valence-electron chi connectivity index (χ0n) is 11.1. The first kappa shape index (κ1) is 14.0. The van der Waals surface area contributed by atoms with Gasteiger partial charge in [0.05, 0.1) is 4.47 Å². The monoisotopic (exact) mass is 320 g/mol. The maximum atomic E-state index is 5.79. The molecule has 0 saturated carbocycles. The number of para-hydroxylation sites is 1. The molecule has 0 aliphatic carbocycles. The molecule has 1 atom stereocenters. The molecule has 2 aromatic rings. The van der Waals surface area contributed by atoms with Crippen LogP contribution < -0.4 is 10.1 Å². The second-order valence-corrected chi connectivity index (χ2v) is 5.09. The molecule has 4 heteroatoms. The Kier molecular flexibility index (Phi) is 4.93. The largest absolute Gasteiger partial charge is 0.438 e. The second-order valence-electron chi connectivity index (χ2n) is 4.24. The van der Waals surface area contributed by atoms with E-state index in [1.54, 1.807) is 6.20 Å². The third kappa shape index (κ3) is 3.78. The maximum absolute atomic E-state index is 5.79. The van der Waals surface area contributed by atoms with Gasteiger partial charge in [0.15, 0.2) is 0 Å². The van der Waals surface area contributed by atoms with Crippen molar-refractivity contribution in [1.82, 2.24) is 10.3 Å². The second kappa shape index (κ2) is 6.68. The normalized spacial score (nSPS) is 12.2. The number of rotatable bonds is 5. The zero-order valence-corrected chi connectivity index (χ0v) is 12.6. The van der Waals surface area contributed by atoms with Crippen LogP contribution in [0.3, 0.4) is 0 Å². The Bertz CT molecular complexity index is 545. The number of ether oxygens (including phenoxy) is 1. The van der Waals surface area contributed by atoms with Gasteiger partial charge in [0.2, 0.25) is 5.88 Å². The summed E-state index contributed by atoms with van der Waals surface area (Å²) in [5.41, 5.74) is 1.17. The van der Waals surface area contributed by atoms with Gasteiger partial charge in [-0.15, -0.1) is 0 Å². The molecule has 100 valence electrons. The third-order valence-corrected chi connectivity index (χ3v) is 3.48. The molecule has 0 aliphatic heterocycles. The van der Waals surface area contributed by atoms with Crippen LogP contribution in [0.4, 0.5) is 0 Å². The number of hydrogen-bond acceptors (Lipinski definition) is 3. The van der Waals surface area contributed by atoms with Gasteiger partial charge < -0.3 is 10.1 Å². The highest BCUT2D eigenvalue weighted by Crippen LogP contribution is 2.29. The van der Waals surface area contributed by atoms with Crippen LogP contribution in [0.2, 0.25) is 0 Å². The van der Waals surface area contributed by atoms with Crippen molar-refractivity contribution in [2.45, 2.75) is 19.9 Å². The van der Waals surface area contributed by atoms with Crippen molar-refractivity contribution in [3.8, 4) is 11.6 Å². The predicted octanol–water partition coefficient (Wildman–Crippen LogP) is 4.31. The lowest BCUT2D eigenvalue weighted by Crippen LogP contribution is -2.17. The number of pyridine rings is 1. The van der Waals surface area contributed by atoms with Gasteiger partial charge in [-0.1, -0.05) is 19.1 Å². The summed E-state index contributed by atoms with van der Waals surface area (Å²) in [7, 11) is 0. The fourth-order valence-electron chi connectivity index (χ4n) is 1.81. The minimum Gasteiger partial charge on any atom is -0.438 e. The number of nitrogens with zero attached hydrogens (tertiary/aromatic N) is 1. The van der Waals surface area contributed by atoms with Crippen LogP contribution >= 0.6 is 15.9 Å². The molecule has 1 N–H and O–H groups in total. The Morgan fingerprint density at radius 3 is 2.84 bits per heavy atom. The number of nitrogens with one attached hydrogen (secondary N) is 1. The van der Waals surface area contributed by atoms with Crippen LogP contribution in [0.5, 0.6) is 11.6 Å². The number of hydrogen-bond donors (Lipinski definition) is 1. The van der Waals surface area contributed by atoms with E-state index in [1.165, 1.54) is 5.56 Å². The molecule has 1 heterocycles. The molecule has 0 aliphatic rings. The van der Waals surface area contributed by atoms with E-state index in [1.807, 2.05) is 36.4 Å². The van der Waals surface area contributed by atoms with Gasteiger partial charge in [-0.05, 0) is 53.2 Å². The summed E-state index contributed by atoms with van der Waals surface area (Å²) in [5, 5.41) is 3.37. The van der Waals surface area contributed by atoms with Crippen LogP contribution in [-0.2, 0) is 0 Å². The highest BCUT2D eigenvalue weighted by atomic mass is 79.9. The van der Waals surface area contributed by atoms with Crippen LogP contribution in [0.15, 0.2) is 47.1 Å². The van der Waals surface area contributed by atoms with Crippen LogP contribution in [0.25, 0.3) is 0 Å². The Hall–Kier alpha value is -1.39. The van der Waals surface area contributed by atoms with Crippen molar-refractivity contribution in [3.05, 3.63) is 52.6 Å². The van der Waals surface area contributed by atoms with E-state index in [4.69, 9.17) is 4.74 Å². The van der Waals surface area contributed by atoms with Crippen molar-refractivity contribution in [3.63, 3.8) is 0 Å². The summed E-state index contributed by atoms with van der Waals surface area (Å²) >= 11 is 3.46. The summed E-state index contributed by atoms with van der Waals surface area (Å²) in [4.78, 5) is 4.25. The maximum Gasteiger partial charge on any atom is 0.219 e. The minimum atomic E-state index is 0.287. The van der Waals surface area contributed by atoms with Crippen LogP contribution in [0, 0.1) is 0 Å². The number of halogens is 1. The van der Waals surface area contributed by atoms with E-state index in [0.29, 0.717) is 5.88 Å². The molecule has 0 amide bonds. The lowest BCUT2D eigenvalue weighted by Gasteiger charge is -2.13. The van der Waals surface area contributed by atoms with E-state index in [-0.39, 0.29) is 6.04 Å².